The first-order valence-corrected chi connectivity index (χ1v) is 38.9. The summed E-state index contributed by atoms with van der Waals surface area (Å²) in [4.78, 5) is 10.1. The van der Waals surface area contributed by atoms with Crippen LogP contribution in [0.3, 0.4) is 0 Å². The summed E-state index contributed by atoms with van der Waals surface area (Å²) >= 11 is 0. The van der Waals surface area contributed by atoms with E-state index in [2.05, 4.69) is 209 Å². The molecule has 96 heavy (non-hydrogen) atoms. The zero-order chi connectivity index (χ0) is 71.7. The molecule has 10 heteroatoms. The number of phosphoric ester groups is 1. The van der Waals surface area contributed by atoms with Crippen LogP contribution in [0.2, 0.25) is 0 Å². The van der Waals surface area contributed by atoms with Gasteiger partial charge >= 0.3 is 7.82 Å². The molecule has 0 radical (unpaired) electrons. The first-order chi connectivity index (χ1) is 45.6. The van der Waals surface area contributed by atoms with Crippen LogP contribution in [0.5, 0.6) is 0 Å². The quantitative estimate of drug-likeness (QED) is 0.0297. The Kier molecular flexibility index (Phi) is 51.4. The lowest BCUT2D eigenvalue weighted by Gasteiger charge is -2.39. The van der Waals surface area contributed by atoms with Crippen molar-refractivity contribution in [2.75, 3.05) is 13.2 Å². The van der Waals surface area contributed by atoms with Gasteiger partial charge in [0.1, 0.15) is 24.4 Å². The van der Waals surface area contributed by atoms with Gasteiger partial charge in [0.2, 0.25) is 0 Å². The van der Waals surface area contributed by atoms with Gasteiger partial charge in [0.25, 0.3) is 0 Å². The Hall–Kier alpha value is -3.99. The predicted molar refractivity (Wildman–Crippen MR) is 415 cm³/mol. The molecule has 0 saturated carbocycles. The van der Waals surface area contributed by atoms with Crippen molar-refractivity contribution in [2.24, 2.45) is 5.92 Å². The van der Waals surface area contributed by atoms with Gasteiger partial charge in [-0.2, -0.15) is 0 Å². The van der Waals surface area contributed by atoms with Crippen molar-refractivity contribution in [1.29, 1.82) is 0 Å². The average molecular weight is 1350 g/mol. The number of allylic oxidation sites excluding steroid dienone is 30. The third-order valence-electron chi connectivity index (χ3n) is 18.6. The molecule has 0 amide bonds. The van der Waals surface area contributed by atoms with Gasteiger partial charge in [-0.15, -0.1) is 0 Å². The summed E-state index contributed by atoms with van der Waals surface area (Å²) in [5, 5.41) is 39.3. The molecular formula is C86H143O9P. The molecule has 5 N–H and O–H groups in total. The molecule has 1 saturated heterocycles. The fourth-order valence-corrected chi connectivity index (χ4v) is 12.4. The molecule has 1 heterocycles. The van der Waals surface area contributed by atoms with E-state index in [0.717, 1.165) is 167 Å². The molecule has 0 aromatic heterocycles. The molecule has 7 atom stereocenters. The maximum Gasteiger partial charge on any atom is 0.474 e. The normalized spacial score (nSPS) is 20.4. The number of aliphatic hydroxyl groups is 4. The van der Waals surface area contributed by atoms with Gasteiger partial charge in [0.15, 0.2) is 6.29 Å². The number of aliphatic hydroxyl groups excluding tert-OH is 4. The zero-order valence-corrected chi connectivity index (χ0v) is 65.2. The van der Waals surface area contributed by atoms with Gasteiger partial charge in [0.05, 0.1) is 13.2 Å². The van der Waals surface area contributed by atoms with Crippen LogP contribution in [0.25, 0.3) is 0 Å². The van der Waals surface area contributed by atoms with E-state index in [4.69, 9.17) is 13.8 Å². The maximum atomic E-state index is 12.5. The van der Waals surface area contributed by atoms with E-state index in [0.29, 0.717) is 6.42 Å². The van der Waals surface area contributed by atoms with Crippen molar-refractivity contribution in [3.8, 4) is 0 Å². The lowest BCUT2D eigenvalue weighted by molar-refractivity contribution is -0.281. The van der Waals surface area contributed by atoms with Crippen molar-refractivity contribution in [2.45, 2.75) is 347 Å². The fourth-order valence-electron chi connectivity index (χ4n) is 11.6. The van der Waals surface area contributed by atoms with Crippen LogP contribution in [0.15, 0.2) is 175 Å². The second kappa shape index (κ2) is 54.8. The number of hydrogen-bond donors (Lipinski definition) is 5. The molecule has 9 nitrogen and oxygen atoms in total. The third-order valence-corrected chi connectivity index (χ3v) is 19.6. The second-order valence-corrected chi connectivity index (χ2v) is 30.5. The van der Waals surface area contributed by atoms with E-state index in [1.165, 1.54) is 109 Å². The molecule has 1 rings (SSSR count). The van der Waals surface area contributed by atoms with Crippen molar-refractivity contribution in [1.82, 2.24) is 0 Å². The minimum atomic E-state index is -4.64. The summed E-state index contributed by atoms with van der Waals surface area (Å²) in [5.41, 5.74) is 22.3. The highest BCUT2D eigenvalue weighted by molar-refractivity contribution is 7.47. The zero-order valence-electron chi connectivity index (χ0n) is 64.3. The highest BCUT2D eigenvalue weighted by Gasteiger charge is 2.46. The Morgan fingerprint density at radius 2 is 0.562 bits per heavy atom. The Morgan fingerprint density at radius 3 is 0.781 bits per heavy atom. The first kappa shape index (κ1) is 90.0. The van der Waals surface area contributed by atoms with E-state index in [1.807, 2.05) is 0 Å². The van der Waals surface area contributed by atoms with Gasteiger partial charge in [-0.1, -0.05) is 182 Å². The van der Waals surface area contributed by atoms with Gasteiger partial charge < -0.3 is 30.1 Å². The topological polar surface area (TPSA) is 146 Å². The number of rotatable bonds is 52. The van der Waals surface area contributed by atoms with Gasteiger partial charge in [-0.05, 0) is 316 Å². The molecular weight excluding hydrogens is 1210 g/mol. The minimum absolute atomic E-state index is 0.0466. The summed E-state index contributed by atoms with van der Waals surface area (Å²) < 4.78 is 27.6. The lowest BCUT2D eigenvalue weighted by atomic mass is 10.00. The van der Waals surface area contributed by atoms with E-state index in [9.17, 15) is 29.9 Å². The number of ether oxygens (including phenoxy) is 1. The second-order valence-electron chi connectivity index (χ2n) is 29.1. The number of phosphoric acid groups is 1. The molecule has 1 aliphatic rings. The lowest BCUT2D eigenvalue weighted by Crippen LogP contribution is -2.58. The Bertz CT molecular complexity index is 2720. The fraction of sp³-hybridized carbons (Fsp3) is 0.651. The van der Waals surface area contributed by atoms with Gasteiger partial charge in [-0.3, -0.25) is 9.05 Å². The van der Waals surface area contributed by atoms with Crippen LogP contribution < -0.4 is 0 Å². The van der Waals surface area contributed by atoms with Crippen molar-refractivity contribution < 1.29 is 43.7 Å². The van der Waals surface area contributed by atoms with Crippen molar-refractivity contribution >= 4 is 7.82 Å². The Morgan fingerprint density at radius 1 is 0.344 bits per heavy atom. The highest BCUT2D eigenvalue weighted by Crippen LogP contribution is 2.47. The largest absolute Gasteiger partial charge is 0.474 e. The van der Waals surface area contributed by atoms with Crippen molar-refractivity contribution in [3.63, 3.8) is 0 Å². The first-order valence-electron chi connectivity index (χ1n) is 37.4. The number of hydrogen-bond acceptors (Lipinski definition) is 8. The Labute approximate surface area is 589 Å². The molecule has 0 aromatic carbocycles. The van der Waals surface area contributed by atoms with E-state index in [1.54, 1.807) is 0 Å². The molecule has 1 aliphatic heterocycles. The van der Waals surface area contributed by atoms with E-state index < -0.39 is 45.1 Å². The van der Waals surface area contributed by atoms with Gasteiger partial charge in [0, 0.05) is 0 Å². The minimum Gasteiger partial charge on any atom is -0.394 e. The molecule has 2 unspecified atom stereocenters. The van der Waals surface area contributed by atoms with Crippen LogP contribution >= 0.6 is 7.82 Å². The van der Waals surface area contributed by atoms with E-state index >= 15 is 0 Å². The van der Waals surface area contributed by atoms with Crippen LogP contribution in [0.1, 0.15) is 317 Å². The summed E-state index contributed by atoms with van der Waals surface area (Å²) in [6, 6.07) is 0. The summed E-state index contributed by atoms with van der Waals surface area (Å²) in [6.45, 7) is 37.6. The van der Waals surface area contributed by atoms with E-state index in [-0.39, 0.29) is 12.5 Å². The molecule has 1 fully saturated rings. The smallest absolute Gasteiger partial charge is 0.394 e. The summed E-state index contributed by atoms with van der Waals surface area (Å²) in [7, 11) is -4.64. The predicted octanol–water partition coefficient (Wildman–Crippen LogP) is 24.9. The van der Waals surface area contributed by atoms with Crippen molar-refractivity contribution in [3.05, 3.63) is 175 Å². The molecule has 0 spiro atoms. The molecule has 546 valence electrons. The molecule has 0 aliphatic carbocycles. The van der Waals surface area contributed by atoms with Crippen LogP contribution in [-0.4, -0.2) is 69.2 Å². The third kappa shape index (κ3) is 49.5. The van der Waals surface area contributed by atoms with Crippen LogP contribution in [0.4, 0.5) is 0 Å². The molecule has 0 bridgehead atoms. The molecule has 0 aromatic rings. The summed E-state index contributed by atoms with van der Waals surface area (Å²) in [5.74, 6) is 0.226. The Balaban J connectivity index is 2.23. The highest BCUT2D eigenvalue weighted by atomic mass is 31.2. The maximum absolute atomic E-state index is 12.5. The average Bonchev–Trinajstić information content (AvgIpc) is 0.815. The van der Waals surface area contributed by atoms with Gasteiger partial charge in [-0.25, -0.2) is 4.57 Å². The summed E-state index contributed by atoms with van der Waals surface area (Å²) in [6.07, 6.45) is 62.3. The standard InChI is InChI=1S/C86H143O9P/c1-66(2)33-18-34-67(3)35-19-36-68(4)37-20-38-69(5)39-21-40-70(6)41-22-42-71(7)43-23-44-72(8)45-24-46-73(9)47-25-48-74(10)49-26-50-75(11)51-27-52-76(12)53-28-54-77(13)55-29-56-78(14)57-30-58-79(15)59-31-60-80(16)61-32-62-81(17)63-64-93-96(91,92)95-86-85(90)84(89)83(88)82(65-87)94-86/h33,35,37,39,41,43,45,47,49,51,53,55,57,59,61,81-90H,18-32,34,36,38,40,42,44,46,48,50,52,54,56,58,60,62-65H2,1-17H3,(H,91,92)/t81?,82-,83-,84+,85+,86+/m1/s1. The van der Waals surface area contributed by atoms with Crippen LogP contribution in [-0.2, 0) is 18.3 Å². The monoisotopic (exact) mass is 1350 g/mol. The SMILES string of the molecule is CC(C)=CCCC(C)=CCCC(C)=CCCC(C)=CCCC(C)=CCCC(C)=CCCC(C)=CCCC(C)=CCCC(C)=CCCC(C)=CCCC(C)=CCCC(C)=CCCC(C)=CCCC(C)=CCCC(C)=CCCC(C)CCOP(=O)(O)O[C@@H]1O[C@H](CO)[C@@H](O)[C@H](O)[C@@H]1O. The van der Waals surface area contributed by atoms with Crippen LogP contribution in [0, 0.1) is 5.92 Å².